The highest BCUT2D eigenvalue weighted by Crippen LogP contribution is 2.32. The van der Waals surface area contributed by atoms with Crippen LogP contribution in [0.5, 0.6) is 0 Å². The molecule has 3 nitrogen and oxygen atoms in total. The van der Waals surface area contributed by atoms with Gasteiger partial charge in [-0.25, -0.2) is 0 Å². The second kappa shape index (κ2) is 6.27. The van der Waals surface area contributed by atoms with Crippen molar-refractivity contribution in [2.45, 2.75) is 63.6 Å². The van der Waals surface area contributed by atoms with Crippen LogP contribution in [0, 0.1) is 5.92 Å². The number of nitrogens with zero attached hydrogens (tertiary/aromatic N) is 1. The fourth-order valence-corrected chi connectivity index (χ4v) is 3.91. The summed E-state index contributed by atoms with van der Waals surface area (Å²) in [6.07, 6.45) is 7.69. The normalized spacial score (nSPS) is 26.4. The molecule has 4 heteroatoms. The zero-order valence-corrected chi connectivity index (χ0v) is 12.8. The zero-order chi connectivity index (χ0) is 13.9. The Morgan fingerprint density at radius 2 is 2.10 bits per heavy atom. The third-order valence-corrected chi connectivity index (χ3v) is 5.48. The lowest BCUT2D eigenvalue weighted by Gasteiger charge is -2.30. The third-order valence-electron chi connectivity index (χ3n) is 4.62. The monoisotopic (exact) mass is 292 g/mol. The first-order valence-corrected chi connectivity index (χ1v) is 8.69. The number of carbonyl (C=O) groups is 1. The number of hydrogen-bond donors (Lipinski definition) is 1. The first-order chi connectivity index (χ1) is 9.74. The van der Waals surface area contributed by atoms with E-state index in [-0.39, 0.29) is 6.04 Å². The van der Waals surface area contributed by atoms with Crippen molar-refractivity contribution in [2.24, 2.45) is 11.7 Å². The van der Waals surface area contributed by atoms with Gasteiger partial charge in [-0.3, -0.25) is 4.79 Å². The van der Waals surface area contributed by atoms with E-state index >= 15 is 0 Å². The lowest BCUT2D eigenvalue weighted by Crippen LogP contribution is -2.39. The second-order valence-electron chi connectivity index (χ2n) is 6.24. The van der Waals surface area contributed by atoms with Crippen molar-refractivity contribution >= 4 is 17.2 Å². The SMILES string of the molecule is NC1CCCCC1CC(=O)N(Cc1cccs1)C1CC1. The maximum Gasteiger partial charge on any atom is 0.223 e. The molecule has 0 aliphatic heterocycles. The molecule has 1 amide bonds. The molecule has 0 radical (unpaired) electrons. The maximum absolute atomic E-state index is 12.6. The van der Waals surface area contributed by atoms with Crippen LogP contribution in [0.25, 0.3) is 0 Å². The summed E-state index contributed by atoms with van der Waals surface area (Å²) in [6, 6.07) is 4.91. The molecule has 2 atom stereocenters. The molecule has 0 bridgehead atoms. The minimum absolute atomic E-state index is 0.232. The topological polar surface area (TPSA) is 46.3 Å². The molecule has 110 valence electrons. The summed E-state index contributed by atoms with van der Waals surface area (Å²) < 4.78 is 0. The molecule has 2 aliphatic carbocycles. The predicted molar refractivity (Wildman–Crippen MR) is 82.4 cm³/mol. The van der Waals surface area contributed by atoms with E-state index in [9.17, 15) is 4.79 Å². The Bertz CT molecular complexity index is 441. The van der Waals surface area contributed by atoms with Crippen molar-refractivity contribution in [1.82, 2.24) is 4.90 Å². The van der Waals surface area contributed by atoms with Crippen LogP contribution in [0.3, 0.4) is 0 Å². The van der Waals surface area contributed by atoms with Gasteiger partial charge in [0.1, 0.15) is 0 Å². The number of hydrogen-bond acceptors (Lipinski definition) is 3. The van der Waals surface area contributed by atoms with Gasteiger partial charge in [0.15, 0.2) is 0 Å². The third kappa shape index (κ3) is 3.41. The van der Waals surface area contributed by atoms with Crippen molar-refractivity contribution in [3.63, 3.8) is 0 Å². The molecule has 1 aromatic heterocycles. The molecule has 1 heterocycles. The van der Waals surface area contributed by atoms with Crippen LogP contribution < -0.4 is 5.73 Å². The van der Waals surface area contributed by atoms with Crippen molar-refractivity contribution in [3.05, 3.63) is 22.4 Å². The highest BCUT2D eigenvalue weighted by Gasteiger charge is 2.34. The van der Waals surface area contributed by atoms with E-state index in [4.69, 9.17) is 5.73 Å². The maximum atomic E-state index is 12.6. The Kier molecular flexibility index (Phi) is 4.41. The Morgan fingerprint density at radius 1 is 1.30 bits per heavy atom. The molecule has 2 saturated carbocycles. The average molecular weight is 292 g/mol. The van der Waals surface area contributed by atoms with Gasteiger partial charge >= 0.3 is 0 Å². The lowest BCUT2D eigenvalue weighted by atomic mass is 9.82. The molecule has 2 N–H and O–H groups in total. The minimum atomic E-state index is 0.232. The van der Waals surface area contributed by atoms with Gasteiger partial charge in [-0.1, -0.05) is 18.9 Å². The standard InChI is InChI=1S/C16H24N2OS/c17-15-6-2-1-4-12(15)10-16(19)18(13-7-8-13)11-14-5-3-9-20-14/h3,5,9,12-13,15H,1-2,4,6-8,10-11,17H2. The summed E-state index contributed by atoms with van der Waals surface area (Å²) in [7, 11) is 0. The molecule has 2 aliphatic rings. The van der Waals surface area contributed by atoms with Gasteiger partial charge in [-0.15, -0.1) is 11.3 Å². The largest absolute Gasteiger partial charge is 0.335 e. The lowest BCUT2D eigenvalue weighted by molar-refractivity contribution is -0.133. The molecule has 2 unspecified atom stereocenters. The van der Waals surface area contributed by atoms with E-state index in [1.165, 1.54) is 30.6 Å². The van der Waals surface area contributed by atoms with Crippen LogP contribution in [0.4, 0.5) is 0 Å². The zero-order valence-electron chi connectivity index (χ0n) is 12.0. The molecule has 2 fully saturated rings. The molecule has 0 saturated heterocycles. The predicted octanol–water partition coefficient (Wildman–Crippen LogP) is 3.15. The first kappa shape index (κ1) is 14.1. The molecule has 20 heavy (non-hydrogen) atoms. The summed E-state index contributed by atoms with van der Waals surface area (Å²) in [4.78, 5) is 16.0. The van der Waals surface area contributed by atoms with Crippen LogP contribution in [0.15, 0.2) is 17.5 Å². The summed E-state index contributed by atoms with van der Waals surface area (Å²) >= 11 is 1.74. The highest BCUT2D eigenvalue weighted by atomic mass is 32.1. The summed E-state index contributed by atoms with van der Waals surface area (Å²) in [5.41, 5.74) is 6.19. The average Bonchev–Trinajstić information content (AvgIpc) is 3.15. The van der Waals surface area contributed by atoms with Gasteiger partial charge in [0.05, 0.1) is 6.54 Å². The van der Waals surface area contributed by atoms with E-state index in [1.807, 2.05) is 0 Å². The van der Waals surface area contributed by atoms with Gasteiger partial charge in [-0.05, 0) is 43.0 Å². The van der Waals surface area contributed by atoms with Crippen molar-refractivity contribution < 1.29 is 4.79 Å². The Labute approximate surface area is 125 Å². The van der Waals surface area contributed by atoms with E-state index in [0.29, 0.717) is 24.3 Å². The van der Waals surface area contributed by atoms with Crippen LogP contribution in [-0.2, 0) is 11.3 Å². The Hall–Kier alpha value is -0.870. The number of amides is 1. The van der Waals surface area contributed by atoms with Crippen LogP contribution in [-0.4, -0.2) is 22.9 Å². The Morgan fingerprint density at radius 3 is 2.75 bits per heavy atom. The fourth-order valence-electron chi connectivity index (χ4n) is 3.21. The number of carbonyl (C=O) groups excluding carboxylic acids is 1. The molecule has 0 aromatic carbocycles. The fraction of sp³-hybridized carbons (Fsp3) is 0.688. The molecule has 1 aromatic rings. The molecular weight excluding hydrogens is 268 g/mol. The van der Waals surface area contributed by atoms with Crippen molar-refractivity contribution in [2.75, 3.05) is 0 Å². The quantitative estimate of drug-likeness (QED) is 0.906. The molecule has 3 rings (SSSR count). The number of rotatable bonds is 5. The second-order valence-corrected chi connectivity index (χ2v) is 7.28. The summed E-state index contributed by atoms with van der Waals surface area (Å²) in [5, 5.41) is 2.09. The van der Waals surface area contributed by atoms with Crippen LogP contribution >= 0.6 is 11.3 Å². The highest BCUT2D eigenvalue weighted by molar-refractivity contribution is 7.09. The smallest absolute Gasteiger partial charge is 0.223 e. The summed E-state index contributed by atoms with van der Waals surface area (Å²) in [5.74, 6) is 0.726. The van der Waals surface area contributed by atoms with Gasteiger partial charge in [0.25, 0.3) is 0 Å². The number of nitrogens with two attached hydrogens (primary N) is 1. The van der Waals surface area contributed by atoms with Gasteiger partial charge in [0, 0.05) is 23.4 Å². The van der Waals surface area contributed by atoms with E-state index in [0.717, 1.165) is 19.4 Å². The minimum Gasteiger partial charge on any atom is -0.335 e. The number of thiophene rings is 1. The molecular formula is C16H24N2OS. The van der Waals surface area contributed by atoms with Crippen molar-refractivity contribution in [3.8, 4) is 0 Å². The van der Waals surface area contributed by atoms with E-state index < -0.39 is 0 Å². The van der Waals surface area contributed by atoms with Crippen molar-refractivity contribution in [1.29, 1.82) is 0 Å². The summed E-state index contributed by atoms with van der Waals surface area (Å²) in [6.45, 7) is 0.795. The van der Waals surface area contributed by atoms with Crippen LogP contribution in [0.1, 0.15) is 49.8 Å². The van der Waals surface area contributed by atoms with Gasteiger partial charge < -0.3 is 10.6 Å². The molecule has 0 spiro atoms. The van der Waals surface area contributed by atoms with Gasteiger partial charge in [-0.2, -0.15) is 0 Å². The van der Waals surface area contributed by atoms with Crippen LogP contribution in [0.2, 0.25) is 0 Å². The van der Waals surface area contributed by atoms with Gasteiger partial charge in [0.2, 0.25) is 5.91 Å². The first-order valence-electron chi connectivity index (χ1n) is 7.81. The van der Waals surface area contributed by atoms with E-state index in [2.05, 4.69) is 22.4 Å². The van der Waals surface area contributed by atoms with E-state index in [1.54, 1.807) is 11.3 Å². The Balaban J connectivity index is 1.60.